The average molecular weight is 519 g/mol. The fraction of sp³-hybridized carbons (Fsp3) is 0.200. The smallest absolute Gasteiger partial charge is 0.313 e. The highest BCUT2D eigenvalue weighted by atomic mass is 35.5. The second kappa shape index (κ2) is 11.4. The molecule has 6 nitrogen and oxygen atoms in total. The van der Waals surface area contributed by atoms with Gasteiger partial charge in [-0.3, -0.25) is 9.59 Å². The molecule has 0 aromatic heterocycles. The van der Waals surface area contributed by atoms with Crippen LogP contribution in [0.1, 0.15) is 27.7 Å². The van der Waals surface area contributed by atoms with Crippen molar-refractivity contribution >= 4 is 34.3 Å². The van der Waals surface area contributed by atoms with Gasteiger partial charge in [-0.1, -0.05) is 75.7 Å². The lowest BCUT2D eigenvalue weighted by molar-refractivity contribution is -0.138. The van der Waals surface area contributed by atoms with Gasteiger partial charge in [0.2, 0.25) is 11.5 Å². The first kappa shape index (κ1) is 26.0. The third-order valence-electron chi connectivity index (χ3n) is 5.36. The van der Waals surface area contributed by atoms with Crippen molar-refractivity contribution in [2.75, 3.05) is 0 Å². The van der Waals surface area contributed by atoms with Crippen LogP contribution in [0.2, 0.25) is 5.02 Å². The van der Waals surface area contributed by atoms with Gasteiger partial charge in [0.15, 0.2) is 11.5 Å². The van der Waals surface area contributed by atoms with Crippen molar-refractivity contribution in [1.82, 2.24) is 0 Å². The van der Waals surface area contributed by atoms with Crippen molar-refractivity contribution in [3.8, 4) is 34.5 Å². The first-order valence-corrected chi connectivity index (χ1v) is 12.3. The fourth-order valence-corrected chi connectivity index (χ4v) is 3.56. The molecule has 0 aliphatic carbocycles. The number of carbonyl (C=O) groups is 2. The molecule has 0 atom stereocenters. The zero-order valence-electron chi connectivity index (χ0n) is 21.0. The van der Waals surface area contributed by atoms with Crippen LogP contribution in [0.5, 0.6) is 34.5 Å². The van der Waals surface area contributed by atoms with Crippen molar-refractivity contribution in [3.05, 3.63) is 83.9 Å². The molecule has 0 unspecified atom stereocenters. The number of hydrogen-bond donors (Lipinski definition) is 0. The van der Waals surface area contributed by atoms with Gasteiger partial charge in [-0.2, -0.15) is 0 Å². The second-order valence-electron chi connectivity index (χ2n) is 8.99. The number of ether oxygens (including phenoxy) is 4. The highest BCUT2D eigenvalue weighted by Crippen LogP contribution is 2.54. The maximum absolute atomic E-state index is 12.8. The summed E-state index contributed by atoms with van der Waals surface area (Å²) in [7, 11) is 0. The minimum atomic E-state index is -0.475. The second-order valence-corrected chi connectivity index (χ2v) is 9.42. The molecule has 0 spiro atoms. The van der Waals surface area contributed by atoms with Crippen LogP contribution in [0.25, 0.3) is 10.8 Å². The lowest BCUT2D eigenvalue weighted by Gasteiger charge is -2.22. The average Bonchev–Trinajstić information content (AvgIpc) is 2.88. The Kier molecular flexibility index (Phi) is 7.99. The Labute approximate surface area is 220 Å². The van der Waals surface area contributed by atoms with E-state index < -0.39 is 23.8 Å². The highest BCUT2D eigenvalue weighted by molar-refractivity contribution is 6.31. The van der Waals surface area contributed by atoms with Gasteiger partial charge < -0.3 is 18.9 Å². The summed E-state index contributed by atoms with van der Waals surface area (Å²) in [5, 5.41) is 1.30. The summed E-state index contributed by atoms with van der Waals surface area (Å²) in [4.78, 5) is 25.6. The summed E-state index contributed by atoms with van der Waals surface area (Å²) in [5.74, 6) is -0.444. The SMILES string of the molecule is CC(C)C(=O)Oc1c(Oc2ccccc2)c(Oc2ccccc2)c(OC(=O)C(C)C)c2cc(Cl)ccc12. The number of esters is 2. The molecule has 190 valence electrons. The lowest BCUT2D eigenvalue weighted by Crippen LogP contribution is -2.17. The van der Waals surface area contributed by atoms with Crippen LogP contribution < -0.4 is 18.9 Å². The molecule has 0 saturated heterocycles. The molecule has 0 fully saturated rings. The molecule has 37 heavy (non-hydrogen) atoms. The number of hydrogen-bond acceptors (Lipinski definition) is 6. The minimum Gasteiger partial charge on any atom is -0.449 e. The number of carbonyl (C=O) groups excluding carboxylic acids is 2. The van der Waals surface area contributed by atoms with Gasteiger partial charge in [0.1, 0.15) is 11.5 Å². The molecule has 0 aliphatic rings. The van der Waals surface area contributed by atoms with Crippen LogP contribution in [0, 0.1) is 11.8 Å². The third kappa shape index (κ3) is 6.04. The quantitative estimate of drug-likeness (QED) is 0.173. The van der Waals surface area contributed by atoms with E-state index in [1.165, 1.54) is 0 Å². The van der Waals surface area contributed by atoms with Gasteiger partial charge in [-0.25, -0.2) is 0 Å². The van der Waals surface area contributed by atoms with E-state index in [1.54, 1.807) is 70.2 Å². The molecule has 0 radical (unpaired) electrons. The zero-order chi connectivity index (χ0) is 26.5. The summed E-state index contributed by atoms with van der Waals surface area (Å²) in [6, 6.07) is 23.0. The monoisotopic (exact) mass is 518 g/mol. The zero-order valence-corrected chi connectivity index (χ0v) is 21.7. The van der Waals surface area contributed by atoms with Crippen LogP contribution >= 0.6 is 11.6 Å². The maximum Gasteiger partial charge on any atom is 0.313 e. The Morgan fingerprint density at radius 1 is 0.595 bits per heavy atom. The first-order chi connectivity index (χ1) is 17.7. The summed E-state index contributed by atoms with van der Waals surface area (Å²) in [6.45, 7) is 6.93. The Hall–Kier alpha value is -4.03. The Bertz CT molecular complexity index is 1410. The van der Waals surface area contributed by atoms with E-state index in [9.17, 15) is 9.59 Å². The predicted molar refractivity (Wildman–Crippen MR) is 143 cm³/mol. The Morgan fingerprint density at radius 3 is 1.46 bits per heavy atom. The number of rotatable bonds is 8. The summed E-state index contributed by atoms with van der Waals surface area (Å²) < 4.78 is 24.4. The van der Waals surface area contributed by atoms with Gasteiger partial charge in [0.25, 0.3) is 0 Å². The maximum atomic E-state index is 12.8. The molecule has 4 aromatic carbocycles. The molecule has 0 N–H and O–H groups in total. The van der Waals surface area contributed by atoms with Crippen molar-refractivity contribution in [1.29, 1.82) is 0 Å². The Balaban J connectivity index is 2.07. The van der Waals surface area contributed by atoms with E-state index in [4.69, 9.17) is 30.5 Å². The van der Waals surface area contributed by atoms with Crippen molar-refractivity contribution in [2.24, 2.45) is 11.8 Å². The van der Waals surface area contributed by atoms with Crippen LogP contribution in [-0.2, 0) is 9.59 Å². The molecular formula is C30H27ClO6. The molecule has 0 heterocycles. The van der Waals surface area contributed by atoms with Gasteiger partial charge in [0, 0.05) is 15.8 Å². The lowest BCUT2D eigenvalue weighted by atomic mass is 10.1. The number of fused-ring (bicyclic) bond motifs is 1. The molecule has 0 aliphatic heterocycles. The largest absolute Gasteiger partial charge is 0.449 e. The molecular weight excluding hydrogens is 492 g/mol. The van der Waals surface area contributed by atoms with Crippen LogP contribution in [0.3, 0.4) is 0 Å². The normalized spacial score (nSPS) is 11.0. The van der Waals surface area contributed by atoms with Crippen LogP contribution in [0.4, 0.5) is 0 Å². The van der Waals surface area contributed by atoms with E-state index >= 15 is 0 Å². The van der Waals surface area contributed by atoms with Gasteiger partial charge in [-0.05, 0) is 42.5 Å². The van der Waals surface area contributed by atoms with E-state index in [2.05, 4.69) is 0 Å². The van der Waals surface area contributed by atoms with Crippen LogP contribution in [0.15, 0.2) is 78.9 Å². The van der Waals surface area contributed by atoms with E-state index in [0.717, 1.165) is 0 Å². The number of benzene rings is 4. The summed E-state index contributed by atoms with van der Waals surface area (Å²) in [5.41, 5.74) is 0. The number of halogens is 1. The van der Waals surface area contributed by atoms with E-state index in [1.807, 2.05) is 36.4 Å². The summed E-state index contributed by atoms with van der Waals surface area (Å²) in [6.07, 6.45) is 0. The molecule has 4 aromatic rings. The predicted octanol–water partition coefficient (Wildman–Crippen LogP) is 8.20. The highest BCUT2D eigenvalue weighted by Gasteiger charge is 2.30. The molecule has 0 amide bonds. The summed E-state index contributed by atoms with van der Waals surface area (Å²) >= 11 is 6.36. The number of para-hydroxylation sites is 2. The standard InChI is InChI=1S/C30H27ClO6/c1-18(2)29(32)36-25-23-16-15-20(31)17-24(23)26(37-30(33)19(3)4)28(35-22-13-9-6-10-14-22)27(25)34-21-11-7-5-8-12-21/h5-19H,1-4H3. The molecule has 0 bridgehead atoms. The van der Waals surface area contributed by atoms with Gasteiger partial charge in [-0.15, -0.1) is 0 Å². The van der Waals surface area contributed by atoms with E-state index in [-0.39, 0.29) is 23.0 Å². The minimum absolute atomic E-state index is 0.0744. The fourth-order valence-electron chi connectivity index (χ4n) is 3.39. The van der Waals surface area contributed by atoms with E-state index in [0.29, 0.717) is 27.3 Å². The van der Waals surface area contributed by atoms with Gasteiger partial charge in [0.05, 0.1) is 11.8 Å². The molecule has 4 rings (SSSR count). The van der Waals surface area contributed by atoms with Crippen molar-refractivity contribution < 1.29 is 28.5 Å². The first-order valence-electron chi connectivity index (χ1n) is 11.9. The topological polar surface area (TPSA) is 71.1 Å². The Morgan fingerprint density at radius 2 is 1.03 bits per heavy atom. The van der Waals surface area contributed by atoms with Crippen molar-refractivity contribution in [3.63, 3.8) is 0 Å². The van der Waals surface area contributed by atoms with Gasteiger partial charge >= 0.3 is 11.9 Å². The molecule has 0 saturated carbocycles. The molecule has 7 heteroatoms. The van der Waals surface area contributed by atoms with Crippen LogP contribution in [-0.4, -0.2) is 11.9 Å². The van der Waals surface area contributed by atoms with Crippen molar-refractivity contribution in [2.45, 2.75) is 27.7 Å². The third-order valence-corrected chi connectivity index (χ3v) is 5.60.